The molecule has 2 aliphatic heterocycles. The van der Waals surface area contributed by atoms with Crippen LogP contribution in [0.3, 0.4) is 0 Å². The van der Waals surface area contributed by atoms with Crippen molar-refractivity contribution in [2.45, 2.75) is 31.7 Å². The topological polar surface area (TPSA) is 41.6 Å². The van der Waals surface area contributed by atoms with Gasteiger partial charge in [-0.2, -0.15) is 0 Å². The van der Waals surface area contributed by atoms with Crippen molar-refractivity contribution in [2.24, 2.45) is 0 Å². The molecule has 0 atom stereocenters. The molecule has 3 rings (SSSR count). The summed E-state index contributed by atoms with van der Waals surface area (Å²) in [6.07, 6.45) is 3.61. The summed E-state index contributed by atoms with van der Waals surface area (Å²) >= 11 is 0. The summed E-state index contributed by atoms with van der Waals surface area (Å²) in [6.45, 7) is 2.88. The van der Waals surface area contributed by atoms with Crippen molar-refractivity contribution in [3.63, 3.8) is 0 Å². The first-order valence-electron chi connectivity index (χ1n) is 7.44. The number of nitrogens with one attached hydrogen (secondary N) is 1. The zero-order valence-corrected chi connectivity index (χ0v) is 12.0. The maximum Gasteiger partial charge on any atom is 0.227 e. The Labute approximate surface area is 120 Å². The van der Waals surface area contributed by atoms with Gasteiger partial charge in [-0.05, 0) is 55.6 Å². The third-order valence-corrected chi connectivity index (χ3v) is 4.45. The summed E-state index contributed by atoms with van der Waals surface area (Å²) in [6, 6.07) is 6.48. The fourth-order valence-corrected chi connectivity index (χ4v) is 3.27. The quantitative estimate of drug-likeness (QED) is 0.886. The molecule has 0 spiro atoms. The first kappa shape index (κ1) is 13.4. The maximum atomic E-state index is 12.5. The number of hydrogen-bond acceptors (Lipinski definition) is 3. The molecule has 1 fully saturated rings. The third-order valence-electron chi connectivity index (χ3n) is 4.45. The zero-order chi connectivity index (χ0) is 13.9. The lowest BCUT2D eigenvalue weighted by molar-refractivity contribution is -0.133. The molecule has 2 heterocycles. The van der Waals surface area contributed by atoms with Crippen LogP contribution in [-0.4, -0.2) is 43.6 Å². The highest BCUT2D eigenvalue weighted by molar-refractivity contribution is 5.80. The molecule has 1 N–H and O–H groups in total. The van der Waals surface area contributed by atoms with E-state index in [-0.39, 0.29) is 5.91 Å². The molecule has 0 aliphatic carbocycles. The van der Waals surface area contributed by atoms with Gasteiger partial charge in [-0.1, -0.05) is 6.07 Å². The van der Waals surface area contributed by atoms with Crippen molar-refractivity contribution in [1.29, 1.82) is 0 Å². The molecule has 2 aliphatic rings. The Morgan fingerprint density at radius 2 is 2.05 bits per heavy atom. The van der Waals surface area contributed by atoms with E-state index in [0.29, 0.717) is 12.5 Å². The molecule has 20 heavy (non-hydrogen) atoms. The Morgan fingerprint density at radius 1 is 1.25 bits per heavy atom. The highest BCUT2D eigenvalue weighted by Crippen LogP contribution is 2.24. The van der Waals surface area contributed by atoms with Crippen molar-refractivity contribution >= 4 is 5.91 Å². The second-order valence-corrected chi connectivity index (χ2v) is 5.63. The minimum absolute atomic E-state index is 0.279. The van der Waals surface area contributed by atoms with E-state index in [4.69, 9.17) is 4.74 Å². The van der Waals surface area contributed by atoms with Crippen molar-refractivity contribution in [1.82, 2.24) is 10.2 Å². The minimum Gasteiger partial charge on any atom is -0.497 e. The van der Waals surface area contributed by atoms with Crippen LogP contribution in [0.5, 0.6) is 5.75 Å². The van der Waals surface area contributed by atoms with Crippen LogP contribution >= 0.6 is 0 Å². The van der Waals surface area contributed by atoms with E-state index in [1.54, 1.807) is 7.11 Å². The first-order valence-corrected chi connectivity index (χ1v) is 7.44. The van der Waals surface area contributed by atoms with Gasteiger partial charge in [0.05, 0.1) is 13.5 Å². The molecular formula is C16H22N2O2. The van der Waals surface area contributed by atoms with Gasteiger partial charge < -0.3 is 15.0 Å². The van der Waals surface area contributed by atoms with Gasteiger partial charge in [0.25, 0.3) is 0 Å². The van der Waals surface area contributed by atoms with E-state index < -0.39 is 0 Å². The fraction of sp³-hybridized carbons (Fsp3) is 0.562. The average molecular weight is 274 g/mol. The van der Waals surface area contributed by atoms with Crippen molar-refractivity contribution < 1.29 is 9.53 Å². The van der Waals surface area contributed by atoms with Gasteiger partial charge in [0.1, 0.15) is 5.75 Å². The molecule has 1 aromatic carbocycles. The predicted octanol–water partition coefficient (Wildman–Crippen LogP) is 1.37. The second kappa shape index (κ2) is 5.83. The SMILES string of the molecule is COc1ccc2c(c1)CCN(C1CCNCC1)C(=O)C2. The summed E-state index contributed by atoms with van der Waals surface area (Å²) in [4.78, 5) is 14.6. The monoisotopic (exact) mass is 274 g/mol. The maximum absolute atomic E-state index is 12.5. The van der Waals surface area contributed by atoms with Crippen LogP contribution in [-0.2, 0) is 17.6 Å². The van der Waals surface area contributed by atoms with Crippen LogP contribution in [0.15, 0.2) is 18.2 Å². The Hall–Kier alpha value is -1.55. The number of piperidine rings is 1. The molecule has 0 unspecified atom stereocenters. The van der Waals surface area contributed by atoms with E-state index in [9.17, 15) is 4.79 Å². The molecule has 4 heteroatoms. The van der Waals surface area contributed by atoms with Gasteiger partial charge in [-0.25, -0.2) is 0 Å². The van der Waals surface area contributed by atoms with Crippen LogP contribution < -0.4 is 10.1 Å². The number of hydrogen-bond donors (Lipinski definition) is 1. The lowest BCUT2D eigenvalue weighted by Crippen LogP contribution is -2.46. The van der Waals surface area contributed by atoms with E-state index in [1.165, 1.54) is 5.56 Å². The molecule has 1 amide bonds. The van der Waals surface area contributed by atoms with Gasteiger partial charge >= 0.3 is 0 Å². The molecule has 0 saturated carbocycles. The summed E-state index contributed by atoms with van der Waals surface area (Å²) in [5.74, 6) is 1.16. The van der Waals surface area contributed by atoms with Gasteiger partial charge in [0.15, 0.2) is 0 Å². The number of methoxy groups -OCH3 is 1. The van der Waals surface area contributed by atoms with Crippen LogP contribution in [0.2, 0.25) is 0 Å². The number of benzene rings is 1. The van der Waals surface area contributed by atoms with Crippen molar-refractivity contribution in [3.8, 4) is 5.75 Å². The number of ether oxygens (including phenoxy) is 1. The normalized spacial score (nSPS) is 20.4. The molecule has 0 bridgehead atoms. The zero-order valence-electron chi connectivity index (χ0n) is 12.0. The largest absolute Gasteiger partial charge is 0.497 e. The first-order chi connectivity index (χ1) is 9.78. The van der Waals surface area contributed by atoms with Gasteiger partial charge in [0.2, 0.25) is 5.91 Å². The minimum atomic E-state index is 0.279. The Morgan fingerprint density at radius 3 is 2.80 bits per heavy atom. The highest BCUT2D eigenvalue weighted by atomic mass is 16.5. The number of rotatable bonds is 2. The number of nitrogens with zero attached hydrogens (tertiary/aromatic N) is 1. The van der Waals surface area contributed by atoms with Gasteiger partial charge in [-0.3, -0.25) is 4.79 Å². The van der Waals surface area contributed by atoms with Crippen molar-refractivity contribution in [3.05, 3.63) is 29.3 Å². The summed E-state index contributed by atoms with van der Waals surface area (Å²) < 4.78 is 5.28. The second-order valence-electron chi connectivity index (χ2n) is 5.63. The molecular weight excluding hydrogens is 252 g/mol. The Bertz CT molecular complexity index is 495. The highest BCUT2D eigenvalue weighted by Gasteiger charge is 2.27. The fourth-order valence-electron chi connectivity index (χ4n) is 3.27. The molecule has 108 valence electrons. The van der Waals surface area contributed by atoms with Gasteiger partial charge in [-0.15, -0.1) is 0 Å². The Kier molecular flexibility index (Phi) is 3.92. The van der Waals surface area contributed by atoms with Crippen LogP contribution in [0.25, 0.3) is 0 Å². The lowest BCUT2D eigenvalue weighted by atomic mass is 10.0. The summed E-state index contributed by atoms with van der Waals surface area (Å²) in [5, 5.41) is 3.36. The molecule has 0 radical (unpaired) electrons. The summed E-state index contributed by atoms with van der Waals surface area (Å²) in [5.41, 5.74) is 2.42. The third kappa shape index (κ3) is 2.66. The summed E-state index contributed by atoms with van der Waals surface area (Å²) in [7, 11) is 1.69. The number of fused-ring (bicyclic) bond motifs is 1. The molecule has 1 aromatic rings. The van der Waals surface area contributed by atoms with Crippen LogP contribution in [0.1, 0.15) is 24.0 Å². The smallest absolute Gasteiger partial charge is 0.227 e. The molecule has 1 saturated heterocycles. The van der Waals surface area contributed by atoms with E-state index in [0.717, 1.165) is 50.2 Å². The average Bonchev–Trinajstić information content (AvgIpc) is 2.65. The van der Waals surface area contributed by atoms with Crippen LogP contribution in [0, 0.1) is 0 Å². The van der Waals surface area contributed by atoms with E-state index >= 15 is 0 Å². The lowest BCUT2D eigenvalue weighted by Gasteiger charge is -2.34. The Balaban J connectivity index is 1.78. The van der Waals surface area contributed by atoms with Gasteiger partial charge in [0, 0.05) is 12.6 Å². The van der Waals surface area contributed by atoms with Crippen LogP contribution in [0.4, 0.5) is 0 Å². The molecule has 0 aromatic heterocycles. The number of carbonyl (C=O) groups is 1. The van der Waals surface area contributed by atoms with Crippen molar-refractivity contribution in [2.75, 3.05) is 26.7 Å². The van der Waals surface area contributed by atoms with E-state index in [2.05, 4.69) is 16.3 Å². The molecule has 4 nitrogen and oxygen atoms in total. The predicted molar refractivity (Wildman–Crippen MR) is 78.0 cm³/mol. The number of amides is 1. The van der Waals surface area contributed by atoms with E-state index in [1.807, 2.05) is 12.1 Å². The standard InChI is InChI=1S/C16H22N2O2/c1-20-15-3-2-12-11-16(19)18(9-6-13(12)10-15)14-4-7-17-8-5-14/h2-3,10,14,17H,4-9,11H2,1H3. The number of carbonyl (C=O) groups excluding carboxylic acids is 1.